The Hall–Kier alpha value is -0.720. The van der Waals surface area contributed by atoms with Crippen molar-refractivity contribution in [3.05, 3.63) is 29.8 Å². The van der Waals surface area contributed by atoms with Crippen LogP contribution in [0.2, 0.25) is 0 Å². The van der Waals surface area contributed by atoms with Gasteiger partial charge in [-0.15, -0.1) is 0 Å². The van der Waals surface area contributed by atoms with Gasteiger partial charge in [-0.2, -0.15) is 13.2 Å². The van der Waals surface area contributed by atoms with Crippen LogP contribution < -0.4 is 5.32 Å². The lowest BCUT2D eigenvalue weighted by molar-refractivity contribution is -0.0328. The molecule has 0 aliphatic rings. The van der Waals surface area contributed by atoms with Crippen LogP contribution >= 0.6 is 11.8 Å². The number of benzene rings is 1. The smallest absolute Gasteiger partial charge is 0.380 e. The first-order valence-corrected chi connectivity index (χ1v) is 6.74. The van der Waals surface area contributed by atoms with Crippen molar-refractivity contribution in [2.24, 2.45) is 0 Å². The molecule has 1 aromatic rings. The average molecular weight is 293 g/mol. The largest absolute Gasteiger partial charge is 0.446 e. The lowest BCUT2D eigenvalue weighted by atomic mass is 10.2. The molecule has 0 saturated carbocycles. The summed E-state index contributed by atoms with van der Waals surface area (Å²) in [5, 5.41) is 3.26. The van der Waals surface area contributed by atoms with Crippen molar-refractivity contribution in [1.29, 1.82) is 0 Å². The first-order chi connectivity index (χ1) is 8.81. The van der Waals surface area contributed by atoms with E-state index in [9.17, 15) is 13.2 Å². The minimum absolute atomic E-state index is 0.0834. The normalized spacial score (nSPS) is 15.3. The molecule has 0 amide bonds. The third-order valence-electron chi connectivity index (χ3n) is 2.86. The third kappa shape index (κ3) is 6.31. The SMILES string of the molecule is COC(C)[C@H](C)NCc1ccc(SC(F)(F)F)cc1. The second-order valence-corrected chi connectivity index (χ2v) is 5.44. The first-order valence-electron chi connectivity index (χ1n) is 5.92. The van der Waals surface area contributed by atoms with E-state index >= 15 is 0 Å². The lowest BCUT2D eigenvalue weighted by Gasteiger charge is -2.20. The first kappa shape index (κ1) is 16.3. The predicted octanol–water partition coefficient (Wildman–Crippen LogP) is 3.81. The van der Waals surface area contributed by atoms with Crippen molar-refractivity contribution in [3.8, 4) is 0 Å². The molecule has 0 bridgehead atoms. The van der Waals surface area contributed by atoms with Gasteiger partial charge >= 0.3 is 5.51 Å². The fraction of sp³-hybridized carbons (Fsp3) is 0.538. The summed E-state index contributed by atoms with van der Waals surface area (Å²) < 4.78 is 41.7. The van der Waals surface area contributed by atoms with E-state index in [0.29, 0.717) is 6.54 Å². The fourth-order valence-electron chi connectivity index (χ4n) is 1.46. The Labute approximate surface area is 115 Å². The molecule has 0 fully saturated rings. The highest BCUT2D eigenvalue weighted by molar-refractivity contribution is 8.00. The summed E-state index contributed by atoms with van der Waals surface area (Å²) in [4.78, 5) is 0.203. The van der Waals surface area contributed by atoms with E-state index in [4.69, 9.17) is 4.74 Å². The standard InChI is InChI=1S/C13H18F3NOS/c1-9(10(2)18-3)17-8-11-4-6-12(7-5-11)19-13(14,15)16/h4-7,9-10,17H,8H2,1-3H3/t9-,10?/m0/s1. The molecule has 0 aliphatic carbocycles. The summed E-state index contributed by atoms with van der Waals surface area (Å²) in [6, 6.07) is 6.55. The Morgan fingerprint density at radius 3 is 2.26 bits per heavy atom. The molecule has 1 aromatic carbocycles. The topological polar surface area (TPSA) is 21.3 Å². The van der Waals surface area contributed by atoms with Gasteiger partial charge in [0.05, 0.1) is 6.10 Å². The van der Waals surface area contributed by atoms with E-state index in [1.165, 1.54) is 12.1 Å². The number of halogens is 3. The van der Waals surface area contributed by atoms with Crippen molar-refractivity contribution < 1.29 is 17.9 Å². The van der Waals surface area contributed by atoms with Gasteiger partial charge in [-0.25, -0.2) is 0 Å². The number of nitrogens with one attached hydrogen (secondary N) is 1. The molecule has 1 unspecified atom stereocenters. The quantitative estimate of drug-likeness (QED) is 0.806. The van der Waals surface area contributed by atoms with E-state index in [2.05, 4.69) is 5.32 Å². The maximum Gasteiger partial charge on any atom is 0.446 e. The number of hydrogen-bond donors (Lipinski definition) is 1. The molecule has 19 heavy (non-hydrogen) atoms. The number of thioether (sulfide) groups is 1. The molecule has 108 valence electrons. The predicted molar refractivity (Wildman–Crippen MR) is 71.1 cm³/mol. The zero-order chi connectivity index (χ0) is 14.5. The van der Waals surface area contributed by atoms with E-state index in [0.717, 1.165) is 5.56 Å². The van der Waals surface area contributed by atoms with E-state index in [-0.39, 0.29) is 28.8 Å². The summed E-state index contributed by atoms with van der Waals surface area (Å²) in [5.74, 6) is 0. The Bertz CT molecular complexity index is 380. The molecule has 2 nitrogen and oxygen atoms in total. The van der Waals surface area contributed by atoms with Gasteiger partial charge in [-0.1, -0.05) is 12.1 Å². The van der Waals surface area contributed by atoms with Gasteiger partial charge in [0, 0.05) is 24.6 Å². The van der Waals surface area contributed by atoms with E-state index in [1.54, 1.807) is 19.2 Å². The maximum absolute atomic E-state index is 12.2. The Balaban J connectivity index is 2.49. The minimum Gasteiger partial charge on any atom is -0.380 e. The van der Waals surface area contributed by atoms with Crippen LogP contribution in [0.5, 0.6) is 0 Å². The number of ether oxygens (including phenoxy) is 1. The van der Waals surface area contributed by atoms with Gasteiger partial charge in [0.2, 0.25) is 0 Å². The Morgan fingerprint density at radius 1 is 1.21 bits per heavy atom. The van der Waals surface area contributed by atoms with Crippen LogP contribution in [-0.2, 0) is 11.3 Å². The summed E-state index contributed by atoms with van der Waals surface area (Å²) >= 11 is -0.0981. The molecule has 1 rings (SSSR count). The van der Waals surface area contributed by atoms with Gasteiger partial charge < -0.3 is 10.1 Å². The summed E-state index contributed by atoms with van der Waals surface area (Å²) in [6.45, 7) is 4.56. The van der Waals surface area contributed by atoms with Crippen molar-refractivity contribution in [3.63, 3.8) is 0 Å². The van der Waals surface area contributed by atoms with Gasteiger partial charge in [0.25, 0.3) is 0 Å². The Morgan fingerprint density at radius 2 is 1.79 bits per heavy atom. The van der Waals surface area contributed by atoms with Gasteiger partial charge in [0.15, 0.2) is 0 Å². The molecule has 0 radical (unpaired) electrons. The average Bonchev–Trinajstić information content (AvgIpc) is 2.34. The van der Waals surface area contributed by atoms with Gasteiger partial charge in [0.1, 0.15) is 0 Å². The minimum atomic E-state index is -4.23. The monoisotopic (exact) mass is 293 g/mol. The zero-order valence-corrected chi connectivity index (χ0v) is 11.9. The summed E-state index contributed by atoms with van der Waals surface area (Å²) in [7, 11) is 1.64. The van der Waals surface area contributed by atoms with Crippen LogP contribution in [0.1, 0.15) is 19.4 Å². The number of rotatable bonds is 6. The van der Waals surface area contributed by atoms with Crippen molar-refractivity contribution in [2.75, 3.05) is 7.11 Å². The van der Waals surface area contributed by atoms with Crippen LogP contribution in [0.4, 0.5) is 13.2 Å². The van der Waals surface area contributed by atoms with Crippen LogP contribution in [0.15, 0.2) is 29.2 Å². The number of methoxy groups -OCH3 is 1. The highest BCUT2D eigenvalue weighted by atomic mass is 32.2. The number of hydrogen-bond acceptors (Lipinski definition) is 3. The molecule has 0 aromatic heterocycles. The van der Waals surface area contributed by atoms with Crippen LogP contribution in [-0.4, -0.2) is 24.8 Å². The molecule has 0 heterocycles. The number of alkyl halides is 3. The van der Waals surface area contributed by atoms with Crippen molar-refractivity contribution in [1.82, 2.24) is 5.32 Å². The molecule has 0 saturated heterocycles. The highest BCUT2D eigenvalue weighted by Gasteiger charge is 2.28. The maximum atomic E-state index is 12.2. The van der Waals surface area contributed by atoms with Gasteiger partial charge in [-0.05, 0) is 43.3 Å². The highest BCUT2D eigenvalue weighted by Crippen LogP contribution is 2.36. The summed E-state index contributed by atoms with van der Waals surface area (Å²) in [6.07, 6.45) is 0.0834. The van der Waals surface area contributed by atoms with Gasteiger partial charge in [-0.3, -0.25) is 0 Å². The van der Waals surface area contributed by atoms with Crippen LogP contribution in [0.25, 0.3) is 0 Å². The van der Waals surface area contributed by atoms with Crippen molar-refractivity contribution >= 4 is 11.8 Å². The molecule has 1 N–H and O–H groups in total. The molecule has 0 aliphatic heterocycles. The third-order valence-corrected chi connectivity index (χ3v) is 3.60. The lowest BCUT2D eigenvalue weighted by Crippen LogP contribution is -2.36. The van der Waals surface area contributed by atoms with E-state index < -0.39 is 5.51 Å². The summed E-state index contributed by atoms with van der Waals surface area (Å²) in [5.41, 5.74) is -3.29. The Kier molecular flexibility index (Phi) is 6.16. The fourth-order valence-corrected chi connectivity index (χ4v) is 2.00. The van der Waals surface area contributed by atoms with Crippen LogP contribution in [0, 0.1) is 0 Å². The second kappa shape index (κ2) is 7.17. The molecular weight excluding hydrogens is 275 g/mol. The van der Waals surface area contributed by atoms with Crippen molar-refractivity contribution in [2.45, 2.75) is 42.9 Å². The van der Waals surface area contributed by atoms with Crippen LogP contribution in [0.3, 0.4) is 0 Å². The molecule has 2 atom stereocenters. The molecular formula is C13H18F3NOS. The van der Waals surface area contributed by atoms with E-state index in [1.807, 2.05) is 13.8 Å². The molecule has 0 spiro atoms. The molecule has 6 heteroatoms. The zero-order valence-electron chi connectivity index (χ0n) is 11.1. The second-order valence-electron chi connectivity index (χ2n) is 4.30.